The van der Waals surface area contributed by atoms with Gasteiger partial charge in [-0.05, 0) is 24.6 Å². The van der Waals surface area contributed by atoms with E-state index < -0.39 is 23.1 Å². The van der Waals surface area contributed by atoms with Gasteiger partial charge in [0.2, 0.25) is 5.82 Å². The first kappa shape index (κ1) is 19.9. The minimum atomic E-state index is -1.13. The molecule has 1 aromatic carbocycles. The summed E-state index contributed by atoms with van der Waals surface area (Å²) in [4.78, 5) is 30.4. The van der Waals surface area contributed by atoms with Crippen LogP contribution in [-0.4, -0.2) is 63.5 Å². The van der Waals surface area contributed by atoms with Crippen LogP contribution in [0.2, 0.25) is 0 Å². The lowest BCUT2D eigenvalue weighted by Gasteiger charge is -2.23. The molecule has 0 saturated carbocycles. The van der Waals surface area contributed by atoms with Crippen molar-refractivity contribution in [2.45, 2.75) is 26.2 Å². The molecule has 0 spiro atoms. The number of hydrogen-bond acceptors (Lipinski definition) is 5. The molecule has 2 aromatic rings. The number of carbonyl (C=O) groups excluding carboxylic acids is 1. The SMILES string of the molecule is COCC1(C(=O)O)CCN(C(=O)c2nc(C(C)C)n(-c3cccc(F)c3)n2)C1. The van der Waals surface area contributed by atoms with E-state index >= 15 is 0 Å². The molecule has 1 fully saturated rings. The van der Waals surface area contributed by atoms with Gasteiger partial charge >= 0.3 is 5.97 Å². The Hall–Kier alpha value is -2.81. The Labute approximate surface area is 161 Å². The molecule has 0 radical (unpaired) electrons. The number of ether oxygens (including phenoxy) is 1. The predicted molar refractivity (Wildman–Crippen MR) is 97.9 cm³/mol. The Morgan fingerprint density at radius 1 is 1.39 bits per heavy atom. The standard InChI is InChI=1S/C19H23FN4O4/c1-12(2)16-21-15(22-24(16)14-6-4-5-13(20)9-14)17(25)23-8-7-19(10-23,11-28-3)18(26)27/h4-6,9,12H,7-8,10-11H2,1-3H3,(H,26,27). The highest BCUT2D eigenvalue weighted by atomic mass is 19.1. The van der Waals surface area contributed by atoms with Crippen LogP contribution in [0.5, 0.6) is 0 Å². The molecule has 9 heteroatoms. The first-order valence-electron chi connectivity index (χ1n) is 9.02. The maximum atomic E-state index is 13.6. The number of carboxylic acids is 1. The molecule has 1 amide bonds. The molecule has 8 nitrogen and oxygen atoms in total. The molecule has 1 unspecified atom stereocenters. The van der Waals surface area contributed by atoms with Crippen LogP contribution in [0.4, 0.5) is 4.39 Å². The van der Waals surface area contributed by atoms with Gasteiger partial charge in [0, 0.05) is 26.1 Å². The summed E-state index contributed by atoms with van der Waals surface area (Å²) in [5, 5.41) is 13.9. The molecule has 3 rings (SSSR count). The van der Waals surface area contributed by atoms with Crippen LogP contribution < -0.4 is 0 Å². The van der Waals surface area contributed by atoms with Crippen molar-refractivity contribution in [2.24, 2.45) is 5.41 Å². The summed E-state index contributed by atoms with van der Waals surface area (Å²) < 4.78 is 20.1. The molecule has 1 atom stereocenters. The van der Waals surface area contributed by atoms with Crippen molar-refractivity contribution in [3.05, 3.63) is 41.7 Å². The van der Waals surface area contributed by atoms with Crippen LogP contribution >= 0.6 is 0 Å². The molecule has 1 aliphatic heterocycles. The van der Waals surface area contributed by atoms with E-state index in [2.05, 4.69) is 10.1 Å². The maximum absolute atomic E-state index is 13.6. The lowest BCUT2D eigenvalue weighted by molar-refractivity contribution is -0.151. The summed E-state index contributed by atoms with van der Waals surface area (Å²) >= 11 is 0. The van der Waals surface area contributed by atoms with Crippen molar-refractivity contribution >= 4 is 11.9 Å². The number of likely N-dealkylation sites (tertiary alicyclic amines) is 1. The number of hydrogen-bond donors (Lipinski definition) is 1. The maximum Gasteiger partial charge on any atom is 0.313 e. The molecule has 0 aliphatic carbocycles. The highest BCUT2D eigenvalue weighted by Gasteiger charge is 2.47. The third kappa shape index (κ3) is 3.62. The summed E-state index contributed by atoms with van der Waals surface area (Å²) in [5.41, 5.74) is -0.660. The Balaban J connectivity index is 1.91. The number of benzene rings is 1. The van der Waals surface area contributed by atoms with Gasteiger partial charge in [-0.2, -0.15) is 0 Å². The summed E-state index contributed by atoms with van der Waals surface area (Å²) in [7, 11) is 1.44. The number of nitrogens with zero attached hydrogens (tertiary/aromatic N) is 4. The monoisotopic (exact) mass is 390 g/mol. The zero-order valence-corrected chi connectivity index (χ0v) is 16.1. The van der Waals surface area contributed by atoms with Crippen molar-refractivity contribution in [1.82, 2.24) is 19.7 Å². The zero-order chi connectivity index (χ0) is 20.5. The van der Waals surface area contributed by atoms with E-state index in [1.807, 2.05) is 13.8 Å². The van der Waals surface area contributed by atoms with E-state index in [9.17, 15) is 19.1 Å². The van der Waals surface area contributed by atoms with Crippen LogP contribution in [-0.2, 0) is 9.53 Å². The lowest BCUT2D eigenvalue weighted by Crippen LogP contribution is -2.40. The van der Waals surface area contributed by atoms with Gasteiger partial charge in [-0.15, -0.1) is 5.10 Å². The van der Waals surface area contributed by atoms with Crippen LogP contribution in [0.1, 0.15) is 42.6 Å². The first-order chi connectivity index (χ1) is 13.3. The molecule has 1 aliphatic rings. The van der Waals surface area contributed by atoms with Gasteiger partial charge in [0.1, 0.15) is 17.1 Å². The van der Waals surface area contributed by atoms with Gasteiger partial charge in [-0.1, -0.05) is 19.9 Å². The number of amides is 1. The third-order valence-electron chi connectivity index (χ3n) is 4.91. The Morgan fingerprint density at radius 2 is 2.14 bits per heavy atom. The Bertz CT molecular complexity index is 898. The van der Waals surface area contributed by atoms with E-state index in [1.165, 1.54) is 28.8 Å². The van der Waals surface area contributed by atoms with Crippen LogP contribution in [0, 0.1) is 11.2 Å². The second-order valence-corrected chi connectivity index (χ2v) is 7.34. The molecule has 0 bridgehead atoms. The molecule has 1 saturated heterocycles. The van der Waals surface area contributed by atoms with Crippen molar-refractivity contribution < 1.29 is 23.8 Å². The summed E-state index contributed by atoms with van der Waals surface area (Å²) in [6.07, 6.45) is 0.295. The quantitative estimate of drug-likeness (QED) is 0.811. The van der Waals surface area contributed by atoms with Crippen LogP contribution in [0.25, 0.3) is 5.69 Å². The van der Waals surface area contributed by atoms with Crippen molar-refractivity contribution in [1.29, 1.82) is 0 Å². The number of aromatic nitrogens is 3. The molecular formula is C19H23FN4O4. The third-order valence-corrected chi connectivity index (χ3v) is 4.91. The van der Waals surface area contributed by atoms with E-state index in [0.717, 1.165) is 0 Å². The van der Waals surface area contributed by atoms with Gasteiger partial charge in [-0.3, -0.25) is 9.59 Å². The number of carbonyl (C=O) groups is 2. The second-order valence-electron chi connectivity index (χ2n) is 7.34. The molecule has 1 aromatic heterocycles. The normalized spacial score (nSPS) is 19.4. The Kier molecular flexibility index (Phi) is 5.46. The molecular weight excluding hydrogens is 367 g/mol. The lowest BCUT2D eigenvalue weighted by atomic mass is 9.88. The minimum absolute atomic E-state index is 0.0223. The topological polar surface area (TPSA) is 97.5 Å². The van der Waals surface area contributed by atoms with E-state index in [4.69, 9.17) is 4.74 Å². The van der Waals surface area contributed by atoms with Gasteiger partial charge in [-0.25, -0.2) is 14.1 Å². The van der Waals surface area contributed by atoms with E-state index in [1.54, 1.807) is 12.1 Å². The fourth-order valence-electron chi connectivity index (χ4n) is 3.40. The van der Waals surface area contributed by atoms with Gasteiger partial charge in [0.05, 0.1) is 12.3 Å². The molecule has 1 N–H and O–H groups in total. The van der Waals surface area contributed by atoms with Gasteiger partial charge in [0.15, 0.2) is 0 Å². The fourth-order valence-corrected chi connectivity index (χ4v) is 3.40. The average Bonchev–Trinajstić information content (AvgIpc) is 3.27. The average molecular weight is 390 g/mol. The number of rotatable bonds is 6. The smallest absolute Gasteiger partial charge is 0.313 e. The predicted octanol–water partition coefficient (Wildman–Crippen LogP) is 2.09. The molecule has 2 heterocycles. The highest BCUT2D eigenvalue weighted by molar-refractivity contribution is 5.91. The van der Waals surface area contributed by atoms with Crippen molar-refractivity contribution in [2.75, 3.05) is 26.8 Å². The second kappa shape index (κ2) is 7.67. The van der Waals surface area contributed by atoms with Gasteiger partial charge < -0.3 is 14.7 Å². The number of carboxylic acid groups (broad SMARTS) is 1. The molecule has 28 heavy (non-hydrogen) atoms. The fraction of sp³-hybridized carbons (Fsp3) is 0.474. The largest absolute Gasteiger partial charge is 0.481 e. The van der Waals surface area contributed by atoms with Crippen LogP contribution in [0.3, 0.4) is 0 Å². The first-order valence-corrected chi connectivity index (χ1v) is 9.02. The summed E-state index contributed by atoms with van der Waals surface area (Å²) in [6, 6.07) is 5.89. The van der Waals surface area contributed by atoms with Crippen molar-refractivity contribution in [3.8, 4) is 5.69 Å². The van der Waals surface area contributed by atoms with Crippen molar-refractivity contribution in [3.63, 3.8) is 0 Å². The number of methoxy groups -OCH3 is 1. The summed E-state index contributed by atoms with van der Waals surface area (Å²) in [6.45, 7) is 4.13. The molecule has 150 valence electrons. The summed E-state index contributed by atoms with van der Waals surface area (Å²) in [5.74, 6) is -1.42. The van der Waals surface area contributed by atoms with Crippen LogP contribution in [0.15, 0.2) is 24.3 Å². The van der Waals surface area contributed by atoms with Gasteiger partial charge in [0.25, 0.3) is 5.91 Å². The zero-order valence-electron chi connectivity index (χ0n) is 16.1. The van der Waals surface area contributed by atoms with E-state index in [-0.39, 0.29) is 31.4 Å². The number of halogens is 1. The highest BCUT2D eigenvalue weighted by Crippen LogP contribution is 2.32. The minimum Gasteiger partial charge on any atom is -0.481 e. The Morgan fingerprint density at radius 3 is 2.75 bits per heavy atom. The van der Waals surface area contributed by atoms with E-state index in [0.29, 0.717) is 17.9 Å². The number of aliphatic carboxylic acids is 1.